The molecule has 0 saturated carbocycles. The van der Waals surface area contributed by atoms with Gasteiger partial charge in [-0.15, -0.1) is 0 Å². The highest BCUT2D eigenvalue weighted by atomic mass is 19.4. The predicted molar refractivity (Wildman–Crippen MR) is 89.1 cm³/mol. The minimum Gasteiger partial charge on any atom is -0.325 e. The van der Waals surface area contributed by atoms with E-state index in [4.69, 9.17) is 0 Å². The summed E-state index contributed by atoms with van der Waals surface area (Å²) in [6, 6.07) is 7.42. The Bertz CT molecular complexity index is 832. The molecule has 0 spiro atoms. The highest BCUT2D eigenvalue weighted by Crippen LogP contribution is 2.34. The molecule has 2 amide bonds. The van der Waals surface area contributed by atoms with Crippen molar-refractivity contribution in [3.63, 3.8) is 0 Å². The van der Waals surface area contributed by atoms with Crippen LogP contribution in [0.5, 0.6) is 0 Å². The molecule has 0 bridgehead atoms. The van der Waals surface area contributed by atoms with E-state index in [1.807, 2.05) is 0 Å². The molecule has 0 unspecified atom stereocenters. The molecular weight excluding hydrogens is 371 g/mol. The van der Waals surface area contributed by atoms with E-state index in [0.29, 0.717) is 0 Å². The summed E-state index contributed by atoms with van der Waals surface area (Å²) in [5, 5.41) is 2.11. The summed E-state index contributed by atoms with van der Waals surface area (Å²) in [4.78, 5) is 24.5. The van der Waals surface area contributed by atoms with Crippen molar-refractivity contribution in [2.24, 2.45) is 0 Å². The van der Waals surface area contributed by atoms with Gasteiger partial charge in [-0.05, 0) is 24.3 Å². The molecule has 0 saturated heterocycles. The van der Waals surface area contributed by atoms with E-state index >= 15 is 0 Å². The lowest BCUT2D eigenvalue weighted by Gasteiger charge is -2.22. The second-order valence-electron chi connectivity index (χ2n) is 5.58. The summed E-state index contributed by atoms with van der Waals surface area (Å²) < 4.78 is 66.5. The van der Waals surface area contributed by atoms with Crippen LogP contribution in [0.15, 0.2) is 42.5 Å². The van der Waals surface area contributed by atoms with Crippen LogP contribution in [0.1, 0.15) is 18.9 Å². The van der Waals surface area contributed by atoms with E-state index in [1.165, 1.54) is 12.1 Å². The van der Waals surface area contributed by atoms with Crippen LogP contribution >= 0.6 is 0 Å². The van der Waals surface area contributed by atoms with E-state index in [9.17, 15) is 31.5 Å². The molecule has 0 fully saturated rings. The number of nitrogens with one attached hydrogen (secondary N) is 1. The largest absolute Gasteiger partial charge is 0.418 e. The van der Waals surface area contributed by atoms with Gasteiger partial charge in [-0.3, -0.25) is 9.59 Å². The van der Waals surface area contributed by atoms with Gasteiger partial charge in [0, 0.05) is 19.9 Å². The van der Waals surface area contributed by atoms with Crippen molar-refractivity contribution < 1.29 is 31.5 Å². The molecule has 0 aromatic heterocycles. The van der Waals surface area contributed by atoms with Crippen molar-refractivity contribution in [3.05, 3.63) is 59.7 Å². The summed E-state index contributed by atoms with van der Waals surface area (Å²) in [5.41, 5.74) is -2.09. The van der Waals surface area contributed by atoms with Crippen molar-refractivity contribution in [1.82, 2.24) is 0 Å². The van der Waals surface area contributed by atoms with Gasteiger partial charge in [0.2, 0.25) is 11.8 Å². The molecule has 0 atom stereocenters. The van der Waals surface area contributed by atoms with Gasteiger partial charge in [-0.1, -0.05) is 18.2 Å². The van der Waals surface area contributed by atoms with Crippen LogP contribution in [0.4, 0.5) is 33.3 Å². The Hall–Kier alpha value is -2.97. The normalized spacial score (nSPS) is 11.2. The summed E-state index contributed by atoms with van der Waals surface area (Å²) in [6.45, 7) is 0.649. The second-order valence-corrected chi connectivity index (χ2v) is 5.58. The van der Waals surface area contributed by atoms with E-state index in [1.54, 1.807) is 0 Å². The number of carbonyl (C=O) groups is 2. The first-order valence-electron chi connectivity index (χ1n) is 7.79. The molecule has 2 rings (SSSR count). The molecule has 0 heterocycles. The van der Waals surface area contributed by atoms with Gasteiger partial charge in [-0.25, -0.2) is 8.78 Å². The Kier molecular flexibility index (Phi) is 6.14. The van der Waals surface area contributed by atoms with Crippen molar-refractivity contribution in [2.75, 3.05) is 16.8 Å². The van der Waals surface area contributed by atoms with E-state index in [0.717, 1.165) is 42.2 Å². The number of nitrogens with zero attached hydrogens (tertiary/aromatic N) is 1. The highest BCUT2D eigenvalue weighted by Gasteiger charge is 2.33. The number of alkyl halides is 3. The van der Waals surface area contributed by atoms with Gasteiger partial charge in [0.15, 0.2) is 0 Å². The summed E-state index contributed by atoms with van der Waals surface area (Å²) >= 11 is 0. The zero-order valence-corrected chi connectivity index (χ0v) is 14.1. The molecule has 2 aromatic carbocycles. The van der Waals surface area contributed by atoms with Crippen molar-refractivity contribution >= 4 is 23.2 Å². The second kappa shape index (κ2) is 8.15. The Morgan fingerprint density at radius 3 is 2.15 bits per heavy atom. The molecule has 2 aromatic rings. The SMILES string of the molecule is CC(=O)N(CCC(=O)Nc1ccccc1C(F)(F)F)c1c(F)cccc1F. The number of benzene rings is 2. The van der Waals surface area contributed by atoms with Crippen LogP contribution in [0.25, 0.3) is 0 Å². The molecule has 0 radical (unpaired) electrons. The number of anilines is 2. The monoisotopic (exact) mass is 386 g/mol. The third kappa shape index (κ3) is 5.02. The summed E-state index contributed by atoms with van der Waals surface area (Å²) in [6.07, 6.45) is -5.12. The van der Waals surface area contributed by atoms with E-state index < -0.39 is 59.5 Å². The quantitative estimate of drug-likeness (QED) is 0.776. The molecule has 27 heavy (non-hydrogen) atoms. The third-order valence-electron chi connectivity index (χ3n) is 3.66. The Morgan fingerprint density at radius 2 is 1.59 bits per heavy atom. The number of halogens is 5. The fraction of sp³-hybridized carbons (Fsp3) is 0.222. The van der Waals surface area contributed by atoms with E-state index in [-0.39, 0.29) is 0 Å². The fourth-order valence-electron chi connectivity index (χ4n) is 2.44. The maximum Gasteiger partial charge on any atom is 0.418 e. The first-order valence-corrected chi connectivity index (χ1v) is 7.79. The third-order valence-corrected chi connectivity index (χ3v) is 3.66. The van der Waals surface area contributed by atoms with Crippen LogP contribution in [-0.2, 0) is 15.8 Å². The Morgan fingerprint density at radius 1 is 1.00 bits per heavy atom. The first-order chi connectivity index (χ1) is 12.6. The van der Waals surface area contributed by atoms with Crippen molar-refractivity contribution in [2.45, 2.75) is 19.5 Å². The number of hydrogen-bond donors (Lipinski definition) is 1. The van der Waals surface area contributed by atoms with Gasteiger partial charge in [0.25, 0.3) is 0 Å². The molecule has 4 nitrogen and oxygen atoms in total. The molecule has 0 aliphatic heterocycles. The smallest absolute Gasteiger partial charge is 0.325 e. The standard InChI is InChI=1S/C18H15F5N2O2/c1-11(26)25(17-13(19)6-4-7-14(17)20)10-9-16(27)24-15-8-3-2-5-12(15)18(21,22)23/h2-8H,9-10H2,1H3,(H,24,27). The molecule has 144 valence electrons. The summed E-state index contributed by atoms with van der Waals surface area (Å²) in [5.74, 6) is -3.54. The minimum absolute atomic E-state index is 0.410. The van der Waals surface area contributed by atoms with Crippen molar-refractivity contribution in [1.29, 1.82) is 0 Å². The average molecular weight is 386 g/mol. The number of carbonyl (C=O) groups excluding carboxylic acids is 2. The van der Waals surface area contributed by atoms with Crippen LogP contribution in [0.3, 0.4) is 0 Å². The topological polar surface area (TPSA) is 49.4 Å². The molecule has 1 N–H and O–H groups in total. The molecule has 9 heteroatoms. The van der Waals surface area contributed by atoms with Gasteiger partial charge < -0.3 is 10.2 Å². The number of amides is 2. The lowest BCUT2D eigenvalue weighted by Crippen LogP contribution is -2.33. The zero-order valence-electron chi connectivity index (χ0n) is 14.1. The Balaban J connectivity index is 2.14. The highest BCUT2D eigenvalue weighted by molar-refractivity contribution is 5.95. The van der Waals surface area contributed by atoms with E-state index in [2.05, 4.69) is 5.32 Å². The van der Waals surface area contributed by atoms with Crippen molar-refractivity contribution in [3.8, 4) is 0 Å². The average Bonchev–Trinajstić information content (AvgIpc) is 2.56. The van der Waals surface area contributed by atoms with Gasteiger partial charge in [-0.2, -0.15) is 13.2 Å². The minimum atomic E-state index is -4.66. The van der Waals surface area contributed by atoms with Crippen LogP contribution in [0.2, 0.25) is 0 Å². The number of hydrogen-bond acceptors (Lipinski definition) is 2. The number of para-hydroxylation sites is 2. The fourth-order valence-corrected chi connectivity index (χ4v) is 2.44. The lowest BCUT2D eigenvalue weighted by atomic mass is 10.1. The van der Waals surface area contributed by atoms with Crippen LogP contribution < -0.4 is 10.2 Å². The Labute approximate surface area is 151 Å². The molecule has 0 aliphatic carbocycles. The lowest BCUT2D eigenvalue weighted by molar-refractivity contribution is -0.137. The zero-order chi connectivity index (χ0) is 20.2. The van der Waals surface area contributed by atoms with Crippen LogP contribution in [0, 0.1) is 11.6 Å². The maximum atomic E-state index is 13.9. The predicted octanol–water partition coefficient (Wildman–Crippen LogP) is 4.37. The van der Waals surface area contributed by atoms with Gasteiger partial charge in [0.05, 0.1) is 11.3 Å². The maximum absolute atomic E-state index is 13.9. The van der Waals surface area contributed by atoms with Gasteiger partial charge >= 0.3 is 6.18 Å². The van der Waals surface area contributed by atoms with Gasteiger partial charge in [0.1, 0.15) is 17.3 Å². The summed E-state index contributed by atoms with van der Waals surface area (Å²) in [7, 11) is 0. The van der Waals surface area contributed by atoms with Crippen LogP contribution in [-0.4, -0.2) is 18.4 Å². The first kappa shape index (κ1) is 20.3. The molecule has 0 aliphatic rings. The molecular formula is C18H15F5N2O2. The number of rotatable bonds is 5.